The molecule has 0 bridgehead atoms. The molecule has 0 aliphatic rings. The van der Waals surface area contributed by atoms with E-state index in [0.29, 0.717) is 0 Å². The lowest BCUT2D eigenvalue weighted by atomic mass is 10.1. The van der Waals surface area contributed by atoms with Gasteiger partial charge in [0.2, 0.25) is 0 Å². The summed E-state index contributed by atoms with van der Waals surface area (Å²) in [6.45, 7) is 0. The van der Waals surface area contributed by atoms with Crippen LogP contribution in [0.1, 0.15) is 12.0 Å². The molecule has 0 atom stereocenters. The van der Waals surface area contributed by atoms with Crippen LogP contribution in [0, 0.1) is 11.6 Å². The third kappa shape index (κ3) is 3.67. The molecule has 0 aromatic heterocycles. The van der Waals surface area contributed by atoms with Crippen molar-refractivity contribution in [2.24, 2.45) is 0 Å². The molecule has 0 aliphatic carbocycles. The van der Waals surface area contributed by atoms with Gasteiger partial charge in [-0.2, -0.15) is 0 Å². The van der Waals surface area contributed by atoms with Crippen LogP contribution in [0.3, 0.4) is 0 Å². The maximum absolute atomic E-state index is 13.1. The number of aryl methyl sites for hydroxylation is 1. The smallest absolute Gasteiger partial charge is 0.268 e. The zero-order valence-corrected chi connectivity index (χ0v) is 8.70. The van der Waals surface area contributed by atoms with Crippen LogP contribution in [0.4, 0.5) is 8.78 Å². The molecule has 0 saturated carbocycles. The average Bonchev–Trinajstić information content (AvgIpc) is 2.16. The largest absolute Gasteiger partial charge is 0.371 e. The zero-order valence-electron chi connectivity index (χ0n) is 7.70. The van der Waals surface area contributed by atoms with E-state index >= 15 is 0 Å². The van der Waals surface area contributed by atoms with E-state index < -0.39 is 17.6 Å². The number of hydrogen-bond acceptors (Lipinski definition) is 3. The standard InChI is InChI=1S/C9H9F2O3Si/c10-7-2-1-6(8(11)5-7)3-4-9(12,13)14-15/h1-2,5,12-13H,3-4H2. The van der Waals surface area contributed by atoms with Crippen LogP contribution in [0.15, 0.2) is 18.2 Å². The second-order valence-electron chi connectivity index (χ2n) is 3.08. The summed E-state index contributed by atoms with van der Waals surface area (Å²) < 4.78 is 29.7. The number of hydrogen-bond donors (Lipinski definition) is 2. The van der Waals surface area contributed by atoms with Crippen LogP contribution in [-0.4, -0.2) is 26.7 Å². The molecule has 0 saturated heterocycles. The Labute approximate surface area is 88.9 Å². The Morgan fingerprint density at radius 2 is 2.00 bits per heavy atom. The summed E-state index contributed by atoms with van der Waals surface area (Å²) in [7, 11) is 2.47. The van der Waals surface area contributed by atoms with Gasteiger partial charge < -0.3 is 14.6 Å². The van der Waals surface area contributed by atoms with Crippen molar-refractivity contribution in [1.82, 2.24) is 0 Å². The fourth-order valence-corrected chi connectivity index (χ4v) is 1.18. The first-order valence-electron chi connectivity index (χ1n) is 4.18. The lowest BCUT2D eigenvalue weighted by Crippen LogP contribution is -2.31. The molecule has 0 heterocycles. The van der Waals surface area contributed by atoms with Crippen LogP contribution in [0.25, 0.3) is 0 Å². The van der Waals surface area contributed by atoms with Crippen molar-refractivity contribution in [2.45, 2.75) is 18.8 Å². The fraction of sp³-hybridized carbons (Fsp3) is 0.333. The molecule has 0 unspecified atom stereocenters. The normalized spacial score (nSPS) is 11.8. The molecule has 15 heavy (non-hydrogen) atoms. The van der Waals surface area contributed by atoms with E-state index in [1.807, 2.05) is 0 Å². The van der Waals surface area contributed by atoms with E-state index in [-0.39, 0.29) is 18.4 Å². The molecule has 0 spiro atoms. The van der Waals surface area contributed by atoms with E-state index in [4.69, 9.17) is 10.2 Å². The molecular formula is C9H9F2O3Si. The number of benzene rings is 1. The highest BCUT2D eigenvalue weighted by Crippen LogP contribution is 2.15. The van der Waals surface area contributed by atoms with Crippen molar-refractivity contribution in [3.63, 3.8) is 0 Å². The Morgan fingerprint density at radius 1 is 1.33 bits per heavy atom. The molecule has 1 aromatic rings. The van der Waals surface area contributed by atoms with E-state index in [9.17, 15) is 8.78 Å². The summed E-state index contributed by atoms with van der Waals surface area (Å²) >= 11 is 0. The molecule has 3 radical (unpaired) electrons. The van der Waals surface area contributed by atoms with Crippen molar-refractivity contribution < 1.29 is 23.4 Å². The van der Waals surface area contributed by atoms with Crippen molar-refractivity contribution >= 4 is 10.5 Å². The van der Waals surface area contributed by atoms with Crippen LogP contribution < -0.4 is 0 Å². The highest BCUT2D eigenvalue weighted by atomic mass is 28.2. The van der Waals surface area contributed by atoms with E-state index in [2.05, 4.69) is 14.9 Å². The molecule has 2 N–H and O–H groups in total. The van der Waals surface area contributed by atoms with Gasteiger partial charge >= 0.3 is 0 Å². The third-order valence-corrected chi connectivity index (χ3v) is 2.23. The molecule has 1 rings (SSSR count). The van der Waals surface area contributed by atoms with Gasteiger partial charge in [-0.15, -0.1) is 0 Å². The van der Waals surface area contributed by atoms with Crippen molar-refractivity contribution in [3.8, 4) is 0 Å². The van der Waals surface area contributed by atoms with E-state index in [1.165, 1.54) is 6.07 Å². The van der Waals surface area contributed by atoms with Crippen molar-refractivity contribution in [2.75, 3.05) is 0 Å². The predicted octanol–water partition coefficient (Wildman–Crippen LogP) is 0.636. The first-order valence-corrected chi connectivity index (χ1v) is 4.59. The number of aliphatic hydroxyl groups is 2. The summed E-state index contributed by atoms with van der Waals surface area (Å²) in [5, 5.41) is 18.0. The highest BCUT2D eigenvalue weighted by molar-refractivity contribution is 5.98. The molecule has 0 amide bonds. The predicted molar refractivity (Wildman–Crippen MR) is 48.7 cm³/mol. The maximum atomic E-state index is 13.1. The molecular weight excluding hydrogens is 222 g/mol. The minimum atomic E-state index is -2.36. The van der Waals surface area contributed by atoms with Gasteiger partial charge in [0.25, 0.3) is 16.5 Å². The van der Waals surface area contributed by atoms with Crippen molar-refractivity contribution in [1.29, 1.82) is 0 Å². The molecule has 0 fully saturated rings. The first-order chi connectivity index (χ1) is 6.94. The SMILES string of the molecule is OC(O)(CCc1ccc(F)cc1F)O[Si]. The lowest BCUT2D eigenvalue weighted by molar-refractivity contribution is -0.294. The Morgan fingerprint density at radius 3 is 2.53 bits per heavy atom. The summed E-state index contributed by atoms with van der Waals surface area (Å²) in [5.41, 5.74) is 0.188. The van der Waals surface area contributed by atoms with Gasteiger partial charge in [0.1, 0.15) is 11.6 Å². The van der Waals surface area contributed by atoms with Crippen LogP contribution in [-0.2, 0) is 10.8 Å². The van der Waals surface area contributed by atoms with Crippen LogP contribution in [0.5, 0.6) is 0 Å². The molecule has 81 valence electrons. The van der Waals surface area contributed by atoms with Gasteiger partial charge in [0, 0.05) is 12.5 Å². The minimum Gasteiger partial charge on any atom is -0.371 e. The van der Waals surface area contributed by atoms with Gasteiger partial charge in [0.15, 0.2) is 0 Å². The molecule has 6 heteroatoms. The Balaban J connectivity index is 2.66. The summed E-state index contributed by atoms with van der Waals surface area (Å²) in [6, 6.07) is 3.08. The van der Waals surface area contributed by atoms with E-state index in [1.54, 1.807) is 0 Å². The number of halogens is 2. The second-order valence-corrected chi connectivity index (χ2v) is 3.29. The molecule has 1 aromatic carbocycles. The molecule has 3 nitrogen and oxygen atoms in total. The van der Waals surface area contributed by atoms with Gasteiger partial charge in [-0.05, 0) is 18.1 Å². The minimum absolute atomic E-state index is 0.0175. The quantitative estimate of drug-likeness (QED) is 0.590. The maximum Gasteiger partial charge on any atom is 0.268 e. The van der Waals surface area contributed by atoms with Crippen LogP contribution in [0.2, 0.25) is 0 Å². The highest BCUT2D eigenvalue weighted by Gasteiger charge is 2.21. The third-order valence-electron chi connectivity index (χ3n) is 1.90. The van der Waals surface area contributed by atoms with Gasteiger partial charge in [-0.3, -0.25) is 0 Å². The Hall–Kier alpha value is -0.823. The Kier molecular flexibility index (Phi) is 3.92. The van der Waals surface area contributed by atoms with Crippen LogP contribution >= 0.6 is 0 Å². The van der Waals surface area contributed by atoms with Crippen molar-refractivity contribution in [3.05, 3.63) is 35.4 Å². The number of rotatable bonds is 4. The summed E-state index contributed by atoms with van der Waals surface area (Å²) in [4.78, 5) is 0. The summed E-state index contributed by atoms with van der Waals surface area (Å²) in [5.74, 6) is -3.76. The van der Waals surface area contributed by atoms with E-state index in [0.717, 1.165) is 12.1 Å². The second kappa shape index (κ2) is 4.80. The zero-order chi connectivity index (χ0) is 11.5. The van der Waals surface area contributed by atoms with Gasteiger partial charge in [-0.1, -0.05) is 6.07 Å². The van der Waals surface area contributed by atoms with Gasteiger partial charge in [0.05, 0.1) is 0 Å². The molecule has 0 aliphatic heterocycles. The monoisotopic (exact) mass is 231 g/mol. The fourth-order valence-electron chi connectivity index (χ4n) is 1.07. The lowest BCUT2D eigenvalue weighted by Gasteiger charge is -2.19. The first kappa shape index (κ1) is 12.2. The average molecular weight is 231 g/mol. The summed E-state index contributed by atoms with van der Waals surface area (Å²) in [6.07, 6.45) is -0.220. The topological polar surface area (TPSA) is 49.7 Å². The van der Waals surface area contributed by atoms with Gasteiger partial charge in [-0.25, -0.2) is 8.78 Å². The Bertz CT molecular complexity index is 344.